The summed E-state index contributed by atoms with van der Waals surface area (Å²) in [5, 5.41) is 21.8. The molecule has 0 aliphatic carbocycles. The molecule has 2 N–H and O–H groups in total. The van der Waals surface area contributed by atoms with Gasteiger partial charge in [-0.2, -0.15) is 0 Å². The minimum Gasteiger partial charge on any atom is -0.481 e. The maximum absolute atomic E-state index is 12.1. The third-order valence-corrected chi connectivity index (χ3v) is 7.43. The van der Waals surface area contributed by atoms with E-state index in [-0.39, 0.29) is 26.4 Å². The number of ether oxygens (including phenoxy) is 5. The average Bonchev–Trinajstić information content (AvgIpc) is 3.04. The van der Waals surface area contributed by atoms with Crippen molar-refractivity contribution in [2.24, 2.45) is 0 Å². The Balaban J connectivity index is 1.46. The first-order valence-electron chi connectivity index (χ1n) is 14.7. The lowest BCUT2D eigenvalue weighted by molar-refractivity contribution is -0.370. The van der Waals surface area contributed by atoms with Crippen LogP contribution >= 0.6 is 0 Å². The number of carbonyl (C=O) groups is 1. The van der Waals surface area contributed by atoms with Crippen LogP contribution in [0.5, 0.6) is 0 Å². The minimum atomic E-state index is -2.23. The lowest BCUT2D eigenvalue weighted by Gasteiger charge is -2.49. The Hall–Kier alpha value is -3.89. The molecule has 4 aromatic carbocycles. The van der Waals surface area contributed by atoms with Gasteiger partial charge in [0.15, 0.2) is 0 Å². The van der Waals surface area contributed by atoms with Gasteiger partial charge < -0.3 is 33.9 Å². The Morgan fingerprint density at radius 1 is 0.614 bits per heavy atom. The first-order valence-corrected chi connectivity index (χ1v) is 14.7. The zero-order chi connectivity index (χ0) is 30.6. The van der Waals surface area contributed by atoms with Crippen molar-refractivity contribution in [2.45, 2.75) is 63.1 Å². The molecule has 1 fully saturated rings. The molecule has 0 amide bonds. The third kappa shape index (κ3) is 8.83. The van der Waals surface area contributed by atoms with Gasteiger partial charge in [0.05, 0.1) is 33.0 Å². The summed E-state index contributed by atoms with van der Waals surface area (Å²) in [6.45, 7) is 0.836. The van der Waals surface area contributed by atoms with Crippen molar-refractivity contribution < 1.29 is 38.7 Å². The lowest BCUT2D eigenvalue weighted by atomic mass is 9.89. The molecule has 1 unspecified atom stereocenters. The lowest BCUT2D eigenvalue weighted by Crippen LogP contribution is -2.67. The van der Waals surface area contributed by atoms with Gasteiger partial charge in [-0.15, -0.1) is 0 Å². The molecular weight excluding hydrogens is 560 g/mol. The molecule has 0 bridgehead atoms. The molecule has 0 spiro atoms. The monoisotopic (exact) mass is 598 g/mol. The van der Waals surface area contributed by atoms with Crippen LogP contribution in [0.2, 0.25) is 0 Å². The summed E-state index contributed by atoms with van der Waals surface area (Å²) < 4.78 is 31.6. The molecule has 1 heterocycles. The van der Waals surface area contributed by atoms with Crippen molar-refractivity contribution in [3.8, 4) is 0 Å². The van der Waals surface area contributed by atoms with Gasteiger partial charge in [-0.05, 0) is 22.3 Å². The second-order valence-corrected chi connectivity index (χ2v) is 10.8. The van der Waals surface area contributed by atoms with E-state index < -0.39 is 42.6 Å². The van der Waals surface area contributed by atoms with Crippen LogP contribution in [-0.2, 0) is 54.9 Å². The van der Waals surface area contributed by atoms with E-state index in [4.69, 9.17) is 23.7 Å². The standard InChI is InChI=1S/C36H38O8/c37-32(38)21-36(39)35(43-25-30-19-11-4-12-20-30)34(42-24-29-17-9-3-10-18-29)33(41-23-28-15-7-2-8-16-28)31(44-36)26-40-22-27-13-5-1-6-14-27/h1-20,31,33-35,39H,21-26H2,(H,37,38)/t31-,33+,34+,35-,36?/m1/s1. The van der Waals surface area contributed by atoms with E-state index in [0.29, 0.717) is 6.61 Å². The molecule has 44 heavy (non-hydrogen) atoms. The van der Waals surface area contributed by atoms with Crippen molar-refractivity contribution in [3.05, 3.63) is 144 Å². The van der Waals surface area contributed by atoms with E-state index in [9.17, 15) is 15.0 Å². The second kappa shape index (κ2) is 15.7. The largest absolute Gasteiger partial charge is 0.481 e. The number of rotatable bonds is 15. The van der Waals surface area contributed by atoms with Gasteiger partial charge in [-0.3, -0.25) is 4.79 Å². The highest BCUT2D eigenvalue weighted by atomic mass is 16.7. The Morgan fingerprint density at radius 3 is 1.48 bits per heavy atom. The number of hydrogen-bond donors (Lipinski definition) is 2. The summed E-state index contributed by atoms with van der Waals surface area (Å²) in [5.41, 5.74) is 3.65. The molecule has 5 rings (SSSR count). The van der Waals surface area contributed by atoms with E-state index in [0.717, 1.165) is 22.3 Å². The van der Waals surface area contributed by atoms with Gasteiger partial charge in [0, 0.05) is 0 Å². The minimum absolute atomic E-state index is 0.0207. The van der Waals surface area contributed by atoms with Crippen LogP contribution in [0.4, 0.5) is 0 Å². The highest BCUT2D eigenvalue weighted by Gasteiger charge is 2.57. The Kier molecular flexibility index (Phi) is 11.3. The molecule has 8 nitrogen and oxygen atoms in total. The van der Waals surface area contributed by atoms with E-state index in [1.54, 1.807) is 0 Å². The van der Waals surface area contributed by atoms with Crippen LogP contribution in [0.25, 0.3) is 0 Å². The van der Waals surface area contributed by atoms with E-state index in [1.807, 2.05) is 121 Å². The molecule has 1 aliphatic heterocycles. The van der Waals surface area contributed by atoms with Crippen LogP contribution in [0.15, 0.2) is 121 Å². The molecule has 0 radical (unpaired) electrons. The maximum atomic E-state index is 12.1. The SMILES string of the molecule is O=C(O)CC1(O)O[C@H](COCc2ccccc2)[C@H](OCc2ccccc2)[C@H](OCc2ccccc2)[C@H]1OCc1ccccc1. The summed E-state index contributed by atoms with van der Waals surface area (Å²) in [4.78, 5) is 12.1. The summed E-state index contributed by atoms with van der Waals surface area (Å²) in [5.74, 6) is -3.47. The van der Waals surface area contributed by atoms with Crippen LogP contribution in [0.3, 0.4) is 0 Å². The molecule has 230 valence electrons. The number of aliphatic carboxylic acids is 1. The molecule has 8 heteroatoms. The third-order valence-electron chi connectivity index (χ3n) is 7.43. The fourth-order valence-electron chi connectivity index (χ4n) is 5.29. The van der Waals surface area contributed by atoms with Gasteiger partial charge in [0.2, 0.25) is 5.79 Å². The van der Waals surface area contributed by atoms with Crippen molar-refractivity contribution in [1.29, 1.82) is 0 Å². The summed E-state index contributed by atoms with van der Waals surface area (Å²) in [6.07, 6.45) is -4.48. The first kappa shape index (κ1) is 31.5. The fraction of sp³-hybridized carbons (Fsp3) is 0.306. The zero-order valence-electron chi connectivity index (χ0n) is 24.4. The smallest absolute Gasteiger partial charge is 0.308 e. The number of carboxylic acid groups (broad SMARTS) is 1. The molecule has 1 saturated heterocycles. The Morgan fingerprint density at radius 2 is 1.02 bits per heavy atom. The van der Waals surface area contributed by atoms with E-state index in [2.05, 4.69) is 0 Å². The van der Waals surface area contributed by atoms with Gasteiger partial charge in [-0.1, -0.05) is 121 Å². The predicted molar refractivity (Wildman–Crippen MR) is 163 cm³/mol. The highest BCUT2D eigenvalue weighted by Crippen LogP contribution is 2.37. The number of carboxylic acids is 1. The second-order valence-electron chi connectivity index (χ2n) is 10.8. The van der Waals surface area contributed by atoms with Crippen molar-refractivity contribution in [2.75, 3.05) is 6.61 Å². The number of benzene rings is 4. The van der Waals surface area contributed by atoms with Crippen LogP contribution < -0.4 is 0 Å². The topological polar surface area (TPSA) is 104 Å². The van der Waals surface area contributed by atoms with Gasteiger partial charge in [0.1, 0.15) is 30.8 Å². The van der Waals surface area contributed by atoms with Gasteiger partial charge in [0.25, 0.3) is 0 Å². The quantitative estimate of drug-likeness (QED) is 0.184. The van der Waals surface area contributed by atoms with Crippen molar-refractivity contribution >= 4 is 5.97 Å². The van der Waals surface area contributed by atoms with Crippen molar-refractivity contribution in [3.63, 3.8) is 0 Å². The van der Waals surface area contributed by atoms with Crippen LogP contribution in [0, 0.1) is 0 Å². The molecule has 0 aromatic heterocycles. The molecule has 5 atom stereocenters. The average molecular weight is 599 g/mol. The van der Waals surface area contributed by atoms with Gasteiger partial charge >= 0.3 is 5.97 Å². The van der Waals surface area contributed by atoms with Crippen molar-refractivity contribution in [1.82, 2.24) is 0 Å². The van der Waals surface area contributed by atoms with Crippen LogP contribution in [0.1, 0.15) is 28.7 Å². The predicted octanol–water partition coefficient (Wildman–Crippen LogP) is 5.52. The van der Waals surface area contributed by atoms with E-state index >= 15 is 0 Å². The summed E-state index contributed by atoms with van der Waals surface area (Å²) >= 11 is 0. The number of aliphatic hydroxyl groups is 1. The first-order chi connectivity index (χ1) is 21.5. The number of hydrogen-bond acceptors (Lipinski definition) is 7. The fourth-order valence-corrected chi connectivity index (χ4v) is 5.29. The highest BCUT2D eigenvalue weighted by molar-refractivity contribution is 5.68. The Bertz CT molecular complexity index is 1400. The summed E-state index contributed by atoms with van der Waals surface area (Å²) in [6, 6.07) is 38.4. The molecular formula is C36H38O8. The zero-order valence-corrected chi connectivity index (χ0v) is 24.4. The maximum Gasteiger partial charge on any atom is 0.308 e. The van der Waals surface area contributed by atoms with E-state index in [1.165, 1.54) is 0 Å². The van der Waals surface area contributed by atoms with Gasteiger partial charge in [-0.25, -0.2) is 0 Å². The Labute approximate surface area is 257 Å². The summed E-state index contributed by atoms with van der Waals surface area (Å²) in [7, 11) is 0. The molecule has 1 aliphatic rings. The van der Waals surface area contributed by atoms with Crippen LogP contribution in [-0.4, -0.2) is 53.0 Å². The normalized spacial score (nSPS) is 23.3. The molecule has 4 aromatic rings. The molecule has 0 saturated carbocycles.